The highest BCUT2D eigenvalue weighted by Gasteiger charge is 2.46. The first-order valence-corrected chi connectivity index (χ1v) is 11.2. The van der Waals surface area contributed by atoms with Crippen molar-refractivity contribution in [1.82, 2.24) is 5.32 Å². The van der Waals surface area contributed by atoms with Gasteiger partial charge in [0.2, 0.25) is 0 Å². The van der Waals surface area contributed by atoms with Crippen LogP contribution in [0.3, 0.4) is 0 Å². The molecule has 2 aromatic rings. The van der Waals surface area contributed by atoms with Gasteiger partial charge in [-0.2, -0.15) is 0 Å². The number of rotatable bonds is 1. The van der Waals surface area contributed by atoms with Crippen molar-refractivity contribution in [2.45, 2.75) is 50.8 Å². The minimum Gasteiger partial charge on any atom is -0.355 e. The Labute approximate surface area is 162 Å². The maximum absolute atomic E-state index is 12.8. The molecule has 0 amide bonds. The van der Waals surface area contributed by atoms with Crippen molar-refractivity contribution >= 4 is 21.2 Å². The summed E-state index contributed by atoms with van der Waals surface area (Å²) in [6.07, 6.45) is 1.99. The van der Waals surface area contributed by atoms with Crippen molar-refractivity contribution in [2.75, 3.05) is 17.6 Å². The summed E-state index contributed by atoms with van der Waals surface area (Å²) in [5.41, 5.74) is 6.51. The van der Waals surface area contributed by atoms with Crippen LogP contribution in [0, 0.1) is 6.92 Å². The average molecular weight is 385 g/mol. The molecule has 2 aliphatic rings. The fourth-order valence-electron chi connectivity index (χ4n) is 4.02. The highest BCUT2D eigenvalue weighted by atomic mass is 32.2. The molecule has 1 unspecified atom stereocenters. The molecule has 1 fully saturated rings. The van der Waals surface area contributed by atoms with Gasteiger partial charge in [0, 0.05) is 17.9 Å². The summed E-state index contributed by atoms with van der Waals surface area (Å²) >= 11 is 0. The van der Waals surface area contributed by atoms with E-state index in [1.165, 1.54) is 16.7 Å². The lowest BCUT2D eigenvalue weighted by atomic mass is 9.90. The number of aryl methyl sites for hydroxylation is 3. The molecule has 4 nitrogen and oxygen atoms in total. The lowest BCUT2D eigenvalue weighted by Crippen LogP contribution is -2.60. The zero-order valence-electron chi connectivity index (χ0n) is 16.5. The number of sulfone groups is 1. The monoisotopic (exact) mass is 384 g/mol. The first-order chi connectivity index (χ1) is 12.6. The van der Waals surface area contributed by atoms with Crippen LogP contribution in [-0.2, 0) is 28.2 Å². The normalized spacial score (nSPS) is 25.6. The van der Waals surface area contributed by atoms with Crippen molar-refractivity contribution in [3.05, 3.63) is 58.7 Å². The van der Waals surface area contributed by atoms with Gasteiger partial charge in [-0.3, -0.25) is 0 Å². The van der Waals surface area contributed by atoms with Gasteiger partial charge in [-0.25, -0.2) is 8.42 Å². The van der Waals surface area contributed by atoms with Crippen LogP contribution in [0.1, 0.15) is 43.0 Å². The van der Waals surface area contributed by atoms with Crippen molar-refractivity contribution in [3.63, 3.8) is 0 Å². The van der Waals surface area contributed by atoms with Gasteiger partial charge >= 0.3 is 0 Å². The number of fused-ring (bicyclic) bond motifs is 2. The lowest BCUT2D eigenvalue weighted by molar-refractivity contribution is 0.349. The van der Waals surface area contributed by atoms with E-state index in [-0.39, 0.29) is 5.75 Å². The molecule has 27 heavy (non-hydrogen) atoms. The molecule has 2 aromatic carbocycles. The van der Waals surface area contributed by atoms with E-state index in [1.54, 1.807) is 13.8 Å². The third-order valence-electron chi connectivity index (χ3n) is 6.17. The van der Waals surface area contributed by atoms with E-state index < -0.39 is 20.1 Å². The Balaban J connectivity index is 1.72. The molecule has 0 aromatic heterocycles. The number of nitrogens with one attached hydrogen (secondary N) is 2. The molecule has 5 heteroatoms. The topological polar surface area (TPSA) is 58.2 Å². The van der Waals surface area contributed by atoms with Gasteiger partial charge in [0.05, 0.1) is 16.0 Å². The minimum atomic E-state index is -3.18. The zero-order valence-corrected chi connectivity index (χ0v) is 17.3. The number of anilines is 2. The molecule has 0 radical (unpaired) electrons. The molecule has 2 N–H and O–H groups in total. The number of hydrogen-bond donors (Lipinski definition) is 2. The van der Waals surface area contributed by atoms with E-state index in [2.05, 4.69) is 54.0 Å². The molecular formula is C22H28N2O2S. The second-order valence-corrected chi connectivity index (χ2v) is 11.5. The Kier molecular flexibility index (Phi) is 4.17. The summed E-state index contributed by atoms with van der Waals surface area (Å²) in [6, 6.07) is 12.9. The minimum absolute atomic E-state index is 0.113. The van der Waals surface area contributed by atoms with Crippen LogP contribution in [0.5, 0.6) is 0 Å². The molecular weight excluding hydrogens is 356 g/mol. The number of benzene rings is 2. The van der Waals surface area contributed by atoms with E-state index in [9.17, 15) is 8.42 Å². The second-order valence-electron chi connectivity index (χ2n) is 8.86. The highest BCUT2D eigenvalue weighted by molar-refractivity contribution is 7.92. The standard InChI is InChI=1S/C22H28N2O2S/c1-15-5-6-16-7-8-17-9-10-18(12-20(17)24-19(16)11-15)22(4)14-27(25,26)21(2,3)13-23-22/h5-6,9-12,23-24H,7-8,13-14H2,1-4H3. The van der Waals surface area contributed by atoms with Crippen molar-refractivity contribution in [1.29, 1.82) is 0 Å². The number of hydrogen-bond acceptors (Lipinski definition) is 4. The van der Waals surface area contributed by atoms with E-state index in [0.717, 1.165) is 29.8 Å². The van der Waals surface area contributed by atoms with Crippen LogP contribution >= 0.6 is 0 Å². The van der Waals surface area contributed by atoms with Gasteiger partial charge in [0.25, 0.3) is 0 Å². The molecule has 0 spiro atoms. The predicted octanol–water partition coefficient (Wildman–Crippen LogP) is 3.85. The highest BCUT2D eigenvalue weighted by Crippen LogP contribution is 2.37. The van der Waals surface area contributed by atoms with Crippen LogP contribution in [0.25, 0.3) is 0 Å². The van der Waals surface area contributed by atoms with Gasteiger partial charge in [0.1, 0.15) is 0 Å². The van der Waals surface area contributed by atoms with E-state index in [1.807, 2.05) is 6.92 Å². The molecule has 0 saturated carbocycles. The first kappa shape index (κ1) is 18.5. The van der Waals surface area contributed by atoms with Gasteiger partial charge in [-0.15, -0.1) is 0 Å². The predicted molar refractivity (Wildman–Crippen MR) is 112 cm³/mol. The molecule has 1 saturated heterocycles. The third-order valence-corrected chi connectivity index (χ3v) is 8.96. The fourth-order valence-corrected chi connectivity index (χ4v) is 5.73. The van der Waals surface area contributed by atoms with E-state index >= 15 is 0 Å². The molecule has 2 heterocycles. The summed E-state index contributed by atoms with van der Waals surface area (Å²) in [4.78, 5) is 0. The van der Waals surface area contributed by atoms with E-state index in [4.69, 9.17) is 0 Å². The maximum Gasteiger partial charge on any atom is 0.158 e. The van der Waals surface area contributed by atoms with Crippen molar-refractivity contribution in [2.24, 2.45) is 0 Å². The summed E-state index contributed by atoms with van der Waals surface area (Å²) in [6.45, 7) is 8.15. The van der Waals surface area contributed by atoms with Crippen LogP contribution < -0.4 is 10.6 Å². The lowest BCUT2D eigenvalue weighted by Gasteiger charge is -2.42. The SMILES string of the molecule is Cc1ccc2c(c1)Nc1cc(C3(C)CS(=O)(=O)C(C)(C)CN3)ccc1CC2. The molecule has 1 atom stereocenters. The quantitative estimate of drug-likeness (QED) is 0.784. The first-order valence-electron chi connectivity index (χ1n) is 9.57. The molecule has 0 bridgehead atoms. The molecule has 2 aliphatic heterocycles. The Bertz CT molecular complexity index is 1010. The summed E-state index contributed by atoms with van der Waals surface area (Å²) in [5.74, 6) is 0.113. The Morgan fingerprint density at radius 1 is 0.926 bits per heavy atom. The molecule has 144 valence electrons. The largest absolute Gasteiger partial charge is 0.355 e. The molecule has 0 aliphatic carbocycles. The second kappa shape index (κ2) is 6.08. The van der Waals surface area contributed by atoms with Crippen molar-refractivity contribution in [3.8, 4) is 0 Å². The van der Waals surface area contributed by atoms with Crippen LogP contribution in [-0.4, -0.2) is 25.5 Å². The zero-order chi connectivity index (χ0) is 19.4. The Morgan fingerprint density at radius 3 is 2.22 bits per heavy atom. The van der Waals surface area contributed by atoms with Gasteiger partial charge in [-0.1, -0.05) is 24.3 Å². The van der Waals surface area contributed by atoms with Gasteiger partial charge in [0.15, 0.2) is 9.84 Å². The summed E-state index contributed by atoms with van der Waals surface area (Å²) in [5, 5.41) is 7.10. The van der Waals surface area contributed by atoms with Crippen LogP contribution in [0.15, 0.2) is 36.4 Å². The van der Waals surface area contributed by atoms with Crippen LogP contribution in [0.2, 0.25) is 0 Å². The third kappa shape index (κ3) is 3.17. The molecule has 4 rings (SSSR count). The van der Waals surface area contributed by atoms with E-state index in [0.29, 0.717) is 6.54 Å². The van der Waals surface area contributed by atoms with Gasteiger partial charge in [-0.05, 0) is 74.9 Å². The summed E-state index contributed by atoms with van der Waals surface area (Å²) in [7, 11) is -3.18. The van der Waals surface area contributed by atoms with Crippen LogP contribution in [0.4, 0.5) is 11.4 Å². The van der Waals surface area contributed by atoms with Crippen molar-refractivity contribution < 1.29 is 8.42 Å². The Morgan fingerprint density at radius 2 is 1.56 bits per heavy atom. The smallest absolute Gasteiger partial charge is 0.158 e. The average Bonchev–Trinajstić information content (AvgIpc) is 2.76. The fraction of sp³-hybridized carbons (Fsp3) is 0.455. The van der Waals surface area contributed by atoms with Gasteiger partial charge < -0.3 is 10.6 Å². The Hall–Kier alpha value is -1.85. The maximum atomic E-state index is 12.8. The summed E-state index contributed by atoms with van der Waals surface area (Å²) < 4.78 is 24.8.